The molecule has 3 aromatic heterocycles. The summed E-state index contributed by atoms with van der Waals surface area (Å²) in [6.07, 6.45) is 5.32. The summed E-state index contributed by atoms with van der Waals surface area (Å²) in [5.74, 6) is 1.08. The van der Waals surface area contributed by atoms with Crippen LogP contribution in [0.3, 0.4) is 0 Å². The second kappa shape index (κ2) is 7.10. The minimum atomic E-state index is -1.42. The van der Waals surface area contributed by atoms with Crippen LogP contribution >= 0.6 is 0 Å². The Morgan fingerprint density at radius 3 is 2.83 bits per heavy atom. The van der Waals surface area contributed by atoms with Gasteiger partial charge in [0.05, 0.1) is 17.4 Å². The molecule has 1 saturated carbocycles. The van der Waals surface area contributed by atoms with Crippen molar-refractivity contribution in [2.75, 3.05) is 5.73 Å². The Kier molecular flexibility index (Phi) is 4.17. The summed E-state index contributed by atoms with van der Waals surface area (Å²) in [4.78, 5) is 13.9. The fourth-order valence-corrected chi connectivity index (χ4v) is 5.55. The minimum Gasteiger partial charge on any atom is -0.482 e. The van der Waals surface area contributed by atoms with Crippen molar-refractivity contribution in [3.05, 3.63) is 77.3 Å². The molecule has 8 heteroatoms. The number of nitrogen functional groups attached to an aromatic ring is 1. The van der Waals surface area contributed by atoms with Gasteiger partial charge < -0.3 is 15.0 Å². The van der Waals surface area contributed by atoms with E-state index in [2.05, 4.69) is 9.55 Å². The van der Waals surface area contributed by atoms with Gasteiger partial charge in [-0.05, 0) is 56.5 Å². The first-order valence-corrected chi connectivity index (χ1v) is 11.9. The zero-order valence-electron chi connectivity index (χ0n) is 19.1. The maximum atomic E-state index is 15.6. The number of ether oxygens (including phenoxy) is 1. The Hall–Kier alpha value is -3.81. The SMILES string of the molecule is C[C@H]1Oc2cc(cnc2N)-c2c(C3(F)CC3)nc3n2C(CC3)c2cccnc2-c2ccc(F)cc21. The van der Waals surface area contributed by atoms with Crippen molar-refractivity contribution in [2.24, 2.45) is 0 Å². The van der Waals surface area contributed by atoms with Crippen molar-refractivity contribution in [1.82, 2.24) is 19.5 Å². The van der Waals surface area contributed by atoms with Crippen LogP contribution in [0.25, 0.3) is 22.5 Å². The van der Waals surface area contributed by atoms with Gasteiger partial charge in [0.25, 0.3) is 0 Å². The Morgan fingerprint density at radius 1 is 1.14 bits per heavy atom. The van der Waals surface area contributed by atoms with Gasteiger partial charge in [0.15, 0.2) is 17.2 Å². The average molecular weight is 472 g/mol. The summed E-state index contributed by atoms with van der Waals surface area (Å²) >= 11 is 0. The zero-order chi connectivity index (χ0) is 23.9. The number of fused-ring (bicyclic) bond motifs is 7. The zero-order valence-corrected chi connectivity index (χ0v) is 19.1. The van der Waals surface area contributed by atoms with Crippen LogP contribution in [-0.4, -0.2) is 19.5 Å². The largest absolute Gasteiger partial charge is 0.482 e. The fraction of sp³-hybridized carbons (Fsp3) is 0.296. The van der Waals surface area contributed by atoms with E-state index in [1.54, 1.807) is 24.5 Å². The van der Waals surface area contributed by atoms with Crippen LogP contribution in [0.5, 0.6) is 5.75 Å². The summed E-state index contributed by atoms with van der Waals surface area (Å²) in [5.41, 5.74) is 9.86. The third kappa shape index (κ3) is 3.02. The van der Waals surface area contributed by atoms with Gasteiger partial charge in [-0.2, -0.15) is 0 Å². The molecule has 0 saturated heterocycles. The van der Waals surface area contributed by atoms with Gasteiger partial charge in [0, 0.05) is 41.1 Å². The van der Waals surface area contributed by atoms with Crippen LogP contribution in [0.2, 0.25) is 0 Å². The maximum absolute atomic E-state index is 15.6. The normalized spacial score (nSPS) is 21.1. The van der Waals surface area contributed by atoms with E-state index in [0.717, 1.165) is 41.2 Å². The second-order valence-corrected chi connectivity index (χ2v) is 9.66. The van der Waals surface area contributed by atoms with Gasteiger partial charge in [0.1, 0.15) is 23.4 Å². The number of hydrogen-bond acceptors (Lipinski definition) is 5. The number of imidazole rings is 1. The molecule has 0 radical (unpaired) electrons. The summed E-state index contributed by atoms with van der Waals surface area (Å²) in [7, 11) is 0. The molecule has 2 N–H and O–H groups in total. The fourth-order valence-electron chi connectivity index (χ4n) is 5.55. The number of benzene rings is 1. The molecule has 2 bridgehead atoms. The van der Waals surface area contributed by atoms with E-state index in [1.165, 1.54) is 12.1 Å². The summed E-state index contributed by atoms with van der Waals surface area (Å²) in [5, 5.41) is 0. The molecule has 7 rings (SSSR count). The van der Waals surface area contributed by atoms with Crippen molar-refractivity contribution in [2.45, 2.75) is 50.4 Å². The minimum absolute atomic E-state index is 0.0955. The maximum Gasteiger partial charge on any atom is 0.166 e. The molecular weight excluding hydrogens is 448 g/mol. The lowest BCUT2D eigenvalue weighted by Gasteiger charge is -2.25. The number of nitrogens with two attached hydrogens (primary N) is 1. The van der Waals surface area contributed by atoms with Crippen LogP contribution in [0.15, 0.2) is 48.8 Å². The molecule has 1 fully saturated rings. The van der Waals surface area contributed by atoms with E-state index in [0.29, 0.717) is 35.4 Å². The number of nitrogens with zero attached hydrogens (tertiary/aromatic N) is 4. The van der Waals surface area contributed by atoms with Crippen LogP contribution in [-0.2, 0) is 12.1 Å². The highest BCUT2D eigenvalue weighted by atomic mass is 19.1. The lowest BCUT2D eigenvalue weighted by molar-refractivity contribution is 0.227. The third-order valence-corrected chi connectivity index (χ3v) is 7.41. The Bertz CT molecular complexity index is 1510. The molecule has 0 spiro atoms. The molecule has 2 atom stereocenters. The van der Waals surface area contributed by atoms with Gasteiger partial charge in [0.2, 0.25) is 0 Å². The van der Waals surface area contributed by atoms with E-state index in [9.17, 15) is 4.39 Å². The Balaban J connectivity index is 1.57. The highest BCUT2D eigenvalue weighted by Gasteiger charge is 2.51. The van der Waals surface area contributed by atoms with Gasteiger partial charge in [-0.25, -0.2) is 18.7 Å². The van der Waals surface area contributed by atoms with Crippen molar-refractivity contribution < 1.29 is 13.5 Å². The van der Waals surface area contributed by atoms with Crippen LogP contribution in [0.1, 0.15) is 61.0 Å². The molecule has 2 aliphatic heterocycles. The summed E-state index contributed by atoms with van der Waals surface area (Å²) in [6, 6.07) is 10.3. The van der Waals surface area contributed by atoms with E-state index in [-0.39, 0.29) is 17.7 Å². The van der Waals surface area contributed by atoms with Crippen molar-refractivity contribution in [3.63, 3.8) is 0 Å². The van der Waals surface area contributed by atoms with Crippen LogP contribution in [0.4, 0.5) is 14.6 Å². The lowest BCUT2D eigenvalue weighted by Crippen LogP contribution is -2.14. The highest BCUT2D eigenvalue weighted by Crippen LogP contribution is 2.54. The second-order valence-electron chi connectivity index (χ2n) is 9.66. The molecule has 4 aromatic rings. The number of rotatable bonds is 1. The smallest absolute Gasteiger partial charge is 0.166 e. The molecule has 1 unspecified atom stereocenters. The van der Waals surface area contributed by atoms with Crippen LogP contribution in [0, 0.1) is 5.82 Å². The van der Waals surface area contributed by atoms with E-state index < -0.39 is 11.8 Å². The first kappa shape index (κ1) is 20.6. The number of alkyl halides is 1. The topological polar surface area (TPSA) is 78.9 Å². The lowest BCUT2D eigenvalue weighted by atomic mass is 9.93. The van der Waals surface area contributed by atoms with E-state index in [1.807, 2.05) is 19.1 Å². The molecule has 35 heavy (non-hydrogen) atoms. The van der Waals surface area contributed by atoms with E-state index in [4.69, 9.17) is 20.4 Å². The average Bonchev–Trinajstić information content (AvgIpc) is 3.29. The monoisotopic (exact) mass is 471 g/mol. The highest BCUT2D eigenvalue weighted by molar-refractivity contribution is 5.72. The van der Waals surface area contributed by atoms with Gasteiger partial charge in [-0.1, -0.05) is 6.07 Å². The summed E-state index contributed by atoms with van der Waals surface area (Å²) < 4.78 is 38.4. The number of pyridine rings is 2. The number of hydrogen-bond donors (Lipinski definition) is 1. The molecule has 5 heterocycles. The number of anilines is 1. The number of halogens is 2. The number of aryl methyl sites for hydroxylation is 1. The molecule has 176 valence electrons. The Labute approximate surface area is 200 Å². The molecule has 6 nitrogen and oxygen atoms in total. The van der Waals surface area contributed by atoms with Crippen LogP contribution < -0.4 is 10.5 Å². The molecule has 1 aliphatic carbocycles. The summed E-state index contributed by atoms with van der Waals surface area (Å²) in [6.45, 7) is 1.85. The van der Waals surface area contributed by atoms with Gasteiger partial charge in [-0.3, -0.25) is 4.98 Å². The first-order valence-electron chi connectivity index (χ1n) is 11.9. The van der Waals surface area contributed by atoms with Crippen molar-refractivity contribution in [1.29, 1.82) is 0 Å². The first-order chi connectivity index (χ1) is 16.9. The number of aromatic nitrogens is 4. The molecule has 1 aromatic carbocycles. The van der Waals surface area contributed by atoms with E-state index >= 15 is 4.39 Å². The standard InChI is InChI=1S/C27H23F2N5O/c1-14-19-12-16(28)4-5-17(19)23-18(3-2-10-31-23)20-6-7-22-33-25(27(29)8-9-27)24(34(20)22)15-11-21(35-14)26(30)32-13-15/h2-5,10-14,20H,6-9H2,1H3,(H2,30,32)/t14-,20?/m1/s1. The third-order valence-electron chi connectivity index (χ3n) is 7.41. The molecule has 0 amide bonds. The predicted octanol–water partition coefficient (Wildman–Crippen LogP) is 5.68. The quantitative estimate of drug-likeness (QED) is 0.387. The Morgan fingerprint density at radius 2 is 2.00 bits per heavy atom. The predicted molar refractivity (Wildman–Crippen MR) is 127 cm³/mol. The van der Waals surface area contributed by atoms with Gasteiger partial charge >= 0.3 is 0 Å². The van der Waals surface area contributed by atoms with Crippen molar-refractivity contribution in [3.8, 4) is 28.3 Å². The van der Waals surface area contributed by atoms with Gasteiger partial charge in [-0.15, -0.1) is 0 Å². The van der Waals surface area contributed by atoms with Crippen molar-refractivity contribution >= 4 is 5.82 Å². The molecule has 3 aliphatic rings. The molecular formula is C27H23F2N5O.